The normalized spacial score (nSPS) is 21.7. The summed E-state index contributed by atoms with van der Waals surface area (Å²) in [4.78, 5) is 6.72. The zero-order chi connectivity index (χ0) is 22.2. The standard InChI is InChI=1S/C26H30N4OS/c1-17-16-20(18(2)29(17)19-10-4-3-5-11-19)25-24(21-12-8-9-15-27-21)28-26(32)30(25)22-13-6-7-14-23(22)31/h6-9,12-16,19,24-25,31H,3-5,10-11H2,1-2H3,(H,28,32). The van der Waals surface area contributed by atoms with Crippen LogP contribution in [0.15, 0.2) is 54.7 Å². The predicted molar refractivity (Wildman–Crippen MR) is 132 cm³/mol. The molecule has 166 valence electrons. The van der Waals surface area contributed by atoms with E-state index >= 15 is 0 Å². The van der Waals surface area contributed by atoms with Crippen LogP contribution in [0.5, 0.6) is 5.75 Å². The lowest BCUT2D eigenvalue weighted by Crippen LogP contribution is -2.29. The van der Waals surface area contributed by atoms with Crippen LogP contribution in [0.3, 0.4) is 0 Å². The van der Waals surface area contributed by atoms with Crippen LogP contribution in [0, 0.1) is 13.8 Å². The van der Waals surface area contributed by atoms with Crippen molar-refractivity contribution < 1.29 is 5.11 Å². The van der Waals surface area contributed by atoms with Gasteiger partial charge in [-0.1, -0.05) is 37.5 Å². The number of phenolic OH excluding ortho intramolecular Hbond substituents is 1. The van der Waals surface area contributed by atoms with Crippen molar-refractivity contribution in [2.45, 2.75) is 64.1 Å². The SMILES string of the molecule is Cc1cc(C2C(c3ccccn3)NC(=S)N2c2ccccc2O)c(C)n1C1CCCCC1. The Bertz CT molecular complexity index is 1120. The minimum absolute atomic E-state index is 0.103. The summed E-state index contributed by atoms with van der Waals surface area (Å²) in [6, 6.07) is 16.1. The minimum Gasteiger partial charge on any atom is -0.506 e. The molecule has 0 amide bonds. The van der Waals surface area contributed by atoms with Gasteiger partial charge in [0.25, 0.3) is 0 Å². The van der Waals surface area contributed by atoms with Gasteiger partial charge < -0.3 is 19.9 Å². The molecule has 1 aliphatic heterocycles. The van der Waals surface area contributed by atoms with E-state index in [0.717, 1.165) is 11.4 Å². The molecular weight excluding hydrogens is 416 g/mol. The second-order valence-electron chi connectivity index (χ2n) is 8.97. The molecule has 2 aromatic heterocycles. The third-order valence-electron chi connectivity index (χ3n) is 7.02. The molecule has 2 fully saturated rings. The highest BCUT2D eigenvalue weighted by molar-refractivity contribution is 7.80. The fourth-order valence-corrected chi connectivity index (χ4v) is 5.94. The number of phenols is 1. The van der Waals surface area contributed by atoms with Crippen LogP contribution >= 0.6 is 12.2 Å². The van der Waals surface area contributed by atoms with Gasteiger partial charge >= 0.3 is 0 Å². The van der Waals surface area contributed by atoms with Crippen molar-refractivity contribution in [3.05, 3.63) is 77.4 Å². The van der Waals surface area contributed by atoms with Gasteiger partial charge in [-0.15, -0.1) is 0 Å². The van der Waals surface area contributed by atoms with E-state index in [0.29, 0.717) is 11.2 Å². The summed E-state index contributed by atoms with van der Waals surface area (Å²) >= 11 is 5.81. The highest BCUT2D eigenvalue weighted by atomic mass is 32.1. The monoisotopic (exact) mass is 446 g/mol. The van der Waals surface area contributed by atoms with E-state index in [1.807, 2.05) is 42.6 Å². The van der Waals surface area contributed by atoms with E-state index in [1.54, 1.807) is 6.07 Å². The summed E-state index contributed by atoms with van der Waals surface area (Å²) in [5, 5.41) is 14.8. The highest BCUT2D eigenvalue weighted by Gasteiger charge is 2.43. The van der Waals surface area contributed by atoms with Crippen LogP contribution in [0.2, 0.25) is 0 Å². The average Bonchev–Trinajstić information content (AvgIpc) is 3.30. The summed E-state index contributed by atoms with van der Waals surface area (Å²) < 4.78 is 2.54. The Kier molecular flexibility index (Phi) is 5.64. The Morgan fingerprint density at radius 1 is 1.03 bits per heavy atom. The number of hydrogen-bond acceptors (Lipinski definition) is 3. The second kappa shape index (κ2) is 8.58. The molecule has 1 aromatic carbocycles. The number of pyridine rings is 1. The molecule has 2 atom stereocenters. The number of rotatable bonds is 4. The van der Waals surface area contributed by atoms with Crippen LogP contribution in [-0.4, -0.2) is 19.8 Å². The quantitative estimate of drug-likeness (QED) is 0.490. The second-order valence-corrected chi connectivity index (χ2v) is 9.36. The molecule has 2 aliphatic rings. The molecule has 1 saturated carbocycles. The van der Waals surface area contributed by atoms with Crippen LogP contribution in [0.25, 0.3) is 0 Å². The minimum atomic E-state index is -0.108. The van der Waals surface area contributed by atoms with Crippen LogP contribution in [0.4, 0.5) is 5.69 Å². The van der Waals surface area contributed by atoms with Gasteiger partial charge in [0.15, 0.2) is 5.11 Å². The third kappa shape index (κ3) is 3.56. The summed E-state index contributed by atoms with van der Waals surface area (Å²) in [6.45, 7) is 4.45. The van der Waals surface area contributed by atoms with Gasteiger partial charge in [-0.3, -0.25) is 4.98 Å². The molecular formula is C26H30N4OS. The van der Waals surface area contributed by atoms with Crippen molar-refractivity contribution in [2.24, 2.45) is 0 Å². The van der Waals surface area contributed by atoms with E-state index in [1.165, 1.54) is 49.1 Å². The van der Waals surface area contributed by atoms with Crippen molar-refractivity contribution >= 4 is 23.0 Å². The number of thiocarbonyl (C=S) groups is 1. The molecule has 6 heteroatoms. The first kappa shape index (κ1) is 21.0. The number of anilines is 1. The molecule has 5 rings (SSSR count). The fourth-order valence-electron chi connectivity index (χ4n) is 5.60. The van der Waals surface area contributed by atoms with Crippen LogP contribution < -0.4 is 10.2 Å². The van der Waals surface area contributed by atoms with Gasteiger partial charge in [0.05, 0.1) is 23.5 Å². The number of benzene rings is 1. The Balaban J connectivity index is 1.65. The largest absolute Gasteiger partial charge is 0.506 e. The van der Waals surface area contributed by atoms with Crippen LogP contribution in [-0.2, 0) is 0 Å². The van der Waals surface area contributed by atoms with E-state index in [2.05, 4.69) is 39.7 Å². The lowest BCUT2D eigenvalue weighted by molar-refractivity contribution is 0.345. The Hall–Kier alpha value is -2.86. The number of para-hydroxylation sites is 2. The Morgan fingerprint density at radius 3 is 2.50 bits per heavy atom. The fraction of sp³-hybridized carbons (Fsp3) is 0.385. The smallest absolute Gasteiger partial charge is 0.174 e. The maximum absolute atomic E-state index is 10.7. The molecule has 1 saturated heterocycles. The van der Waals surface area contributed by atoms with Crippen molar-refractivity contribution in [3.63, 3.8) is 0 Å². The van der Waals surface area contributed by atoms with E-state index in [4.69, 9.17) is 12.2 Å². The topological polar surface area (TPSA) is 53.3 Å². The van der Waals surface area contributed by atoms with Gasteiger partial charge in [0, 0.05) is 23.6 Å². The number of aromatic nitrogens is 2. The van der Waals surface area contributed by atoms with Crippen molar-refractivity contribution in [1.29, 1.82) is 0 Å². The van der Waals surface area contributed by atoms with Gasteiger partial charge in [-0.05, 0) is 74.8 Å². The predicted octanol–water partition coefficient (Wildman–Crippen LogP) is 5.89. The molecule has 5 nitrogen and oxygen atoms in total. The third-order valence-corrected chi connectivity index (χ3v) is 7.34. The molecule has 2 N–H and O–H groups in total. The lowest BCUT2D eigenvalue weighted by atomic mass is 9.94. The number of aryl methyl sites for hydroxylation is 1. The summed E-state index contributed by atoms with van der Waals surface area (Å²) in [5.41, 5.74) is 5.47. The van der Waals surface area contributed by atoms with Crippen molar-refractivity contribution in [3.8, 4) is 5.75 Å². The number of nitrogens with zero attached hydrogens (tertiary/aromatic N) is 3. The zero-order valence-corrected chi connectivity index (χ0v) is 19.5. The summed E-state index contributed by atoms with van der Waals surface area (Å²) in [5.74, 6) is 0.226. The first-order chi connectivity index (χ1) is 15.6. The molecule has 0 bridgehead atoms. The molecule has 0 radical (unpaired) electrons. The van der Waals surface area contributed by atoms with E-state index in [-0.39, 0.29) is 17.8 Å². The highest BCUT2D eigenvalue weighted by Crippen LogP contribution is 2.46. The van der Waals surface area contributed by atoms with Gasteiger partial charge in [0.2, 0.25) is 0 Å². The van der Waals surface area contributed by atoms with Crippen molar-refractivity contribution in [1.82, 2.24) is 14.9 Å². The molecule has 3 heterocycles. The number of aromatic hydroxyl groups is 1. The van der Waals surface area contributed by atoms with Gasteiger partial charge in [-0.25, -0.2) is 0 Å². The van der Waals surface area contributed by atoms with E-state index in [9.17, 15) is 5.11 Å². The molecule has 1 aliphatic carbocycles. The lowest BCUT2D eigenvalue weighted by Gasteiger charge is -2.30. The first-order valence-corrected chi connectivity index (χ1v) is 11.9. The Labute approximate surface area is 195 Å². The number of nitrogens with one attached hydrogen (secondary N) is 1. The average molecular weight is 447 g/mol. The zero-order valence-electron chi connectivity index (χ0n) is 18.7. The summed E-state index contributed by atoms with van der Waals surface area (Å²) in [7, 11) is 0. The van der Waals surface area contributed by atoms with Gasteiger partial charge in [0.1, 0.15) is 5.75 Å². The molecule has 3 aromatic rings. The maximum atomic E-state index is 10.7. The number of hydrogen-bond donors (Lipinski definition) is 2. The molecule has 2 unspecified atom stereocenters. The van der Waals surface area contributed by atoms with E-state index < -0.39 is 0 Å². The maximum Gasteiger partial charge on any atom is 0.174 e. The molecule has 32 heavy (non-hydrogen) atoms. The molecule has 0 spiro atoms. The Morgan fingerprint density at radius 2 is 1.78 bits per heavy atom. The van der Waals surface area contributed by atoms with Crippen LogP contribution in [0.1, 0.15) is 72.9 Å². The first-order valence-electron chi connectivity index (χ1n) is 11.5. The summed E-state index contributed by atoms with van der Waals surface area (Å²) in [6.07, 6.45) is 8.24. The van der Waals surface area contributed by atoms with Gasteiger partial charge in [-0.2, -0.15) is 0 Å². The van der Waals surface area contributed by atoms with Crippen molar-refractivity contribution in [2.75, 3.05) is 4.90 Å².